The van der Waals surface area contributed by atoms with Crippen LogP contribution in [0, 0.1) is 17.3 Å². The number of hydrogen-bond acceptors (Lipinski definition) is 4. The van der Waals surface area contributed by atoms with E-state index in [0.717, 1.165) is 5.69 Å². The number of rotatable bonds is 7. The van der Waals surface area contributed by atoms with Crippen molar-refractivity contribution in [1.29, 1.82) is 0 Å². The number of amides is 2. The Kier molecular flexibility index (Phi) is 4.98. The maximum atomic E-state index is 12.0. The first-order valence-corrected chi connectivity index (χ1v) is 7.51. The van der Waals surface area contributed by atoms with Crippen LogP contribution < -0.4 is 10.6 Å². The molecule has 2 rings (SSSR count). The lowest BCUT2D eigenvalue weighted by atomic mass is 10.1. The largest absolute Gasteiger partial charge is 0.481 e. The van der Waals surface area contributed by atoms with Crippen LogP contribution in [0.4, 0.5) is 0 Å². The van der Waals surface area contributed by atoms with Gasteiger partial charge in [0.2, 0.25) is 11.8 Å². The third kappa shape index (κ3) is 4.06. The Bertz CT molecular complexity index is 601. The molecule has 7 nitrogen and oxygen atoms in total. The lowest BCUT2D eigenvalue weighted by Crippen LogP contribution is -2.32. The van der Waals surface area contributed by atoms with Crippen LogP contribution in [0.25, 0.3) is 0 Å². The fourth-order valence-corrected chi connectivity index (χ4v) is 2.78. The summed E-state index contributed by atoms with van der Waals surface area (Å²) in [5, 5.41) is 14.4. The molecule has 0 aromatic carbocycles. The van der Waals surface area contributed by atoms with E-state index < -0.39 is 23.2 Å². The SMILES string of the molecule is CC1(C)[C@H](C(=O)O)[C@@H]1C(=O)NCCC(=O)NCc1ccccn1. The third-order valence-electron chi connectivity index (χ3n) is 4.22. The van der Waals surface area contributed by atoms with Gasteiger partial charge in [0.25, 0.3) is 0 Å². The van der Waals surface area contributed by atoms with Crippen LogP contribution in [-0.4, -0.2) is 34.4 Å². The molecule has 1 aliphatic carbocycles. The number of hydrogen-bond donors (Lipinski definition) is 3. The smallest absolute Gasteiger partial charge is 0.307 e. The first kappa shape index (κ1) is 16.9. The fraction of sp³-hybridized carbons (Fsp3) is 0.500. The van der Waals surface area contributed by atoms with Crippen LogP contribution in [0.1, 0.15) is 26.0 Å². The molecule has 1 aromatic heterocycles. The summed E-state index contributed by atoms with van der Waals surface area (Å²) in [7, 11) is 0. The van der Waals surface area contributed by atoms with Crippen LogP contribution in [-0.2, 0) is 20.9 Å². The second kappa shape index (κ2) is 6.76. The molecule has 2 amide bonds. The van der Waals surface area contributed by atoms with Crippen molar-refractivity contribution < 1.29 is 19.5 Å². The van der Waals surface area contributed by atoms with Gasteiger partial charge in [0.1, 0.15) is 0 Å². The van der Waals surface area contributed by atoms with Crippen LogP contribution in [0.5, 0.6) is 0 Å². The number of aliphatic carboxylic acids is 1. The number of carbonyl (C=O) groups is 3. The molecule has 1 aliphatic rings. The highest BCUT2D eigenvalue weighted by molar-refractivity contribution is 5.91. The predicted molar refractivity (Wildman–Crippen MR) is 82.1 cm³/mol. The average molecular weight is 319 g/mol. The summed E-state index contributed by atoms with van der Waals surface area (Å²) < 4.78 is 0. The summed E-state index contributed by atoms with van der Waals surface area (Å²) >= 11 is 0. The van der Waals surface area contributed by atoms with E-state index in [1.165, 1.54) is 0 Å². The molecule has 0 bridgehead atoms. The van der Waals surface area contributed by atoms with Crippen molar-refractivity contribution in [3.63, 3.8) is 0 Å². The summed E-state index contributed by atoms with van der Waals surface area (Å²) in [5.74, 6) is -2.64. The Morgan fingerprint density at radius 3 is 2.52 bits per heavy atom. The molecule has 7 heteroatoms. The topological polar surface area (TPSA) is 108 Å². The lowest BCUT2D eigenvalue weighted by Gasteiger charge is -2.07. The van der Waals surface area contributed by atoms with Crippen molar-refractivity contribution in [2.45, 2.75) is 26.8 Å². The Morgan fingerprint density at radius 1 is 1.22 bits per heavy atom. The Hall–Kier alpha value is -2.44. The zero-order chi connectivity index (χ0) is 17.0. The van der Waals surface area contributed by atoms with Crippen LogP contribution in [0.2, 0.25) is 0 Å². The van der Waals surface area contributed by atoms with Gasteiger partial charge in [-0.3, -0.25) is 19.4 Å². The summed E-state index contributed by atoms with van der Waals surface area (Å²) in [6, 6.07) is 5.44. The van der Waals surface area contributed by atoms with E-state index in [1.807, 2.05) is 12.1 Å². The quantitative estimate of drug-likeness (QED) is 0.680. The van der Waals surface area contributed by atoms with Gasteiger partial charge in [0, 0.05) is 19.2 Å². The molecule has 1 fully saturated rings. The minimum atomic E-state index is -0.955. The first-order valence-electron chi connectivity index (χ1n) is 7.51. The van der Waals surface area contributed by atoms with E-state index in [9.17, 15) is 14.4 Å². The molecular weight excluding hydrogens is 298 g/mol. The standard InChI is InChI=1S/C16H21N3O4/c1-16(2)12(13(16)15(22)23)14(21)18-8-6-11(20)19-9-10-5-3-4-7-17-10/h3-5,7,12-13H,6,8-9H2,1-2H3,(H,18,21)(H,19,20)(H,22,23)/t12-,13+/m1/s1. The summed E-state index contributed by atoms with van der Waals surface area (Å²) in [5.41, 5.74) is 0.228. The van der Waals surface area contributed by atoms with Gasteiger partial charge in [-0.2, -0.15) is 0 Å². The number of nitrogens with zero attached hydrogens (tertiary/aromatic N) is 1. The molecule has 124 valence electrons. The van der Waals surface area contributed by atoms with Gasteiger partial charge in [-0.15, -0.1) is 0 Å². The maximum absolute atomic E-state index is 12.0. The van der Waals surface area contributed by atoms with E-state index in [4.69, 9.17) is 5.11 Å². The van der Waals surface area contributed by atoms with Crippen LogP contribution >= 0.6 is 0 Å². The summed E-state index contributed by atoms with van der Waals surface area (Å²) in [6.07, 6.45) is 1.79. The maximum Gasteiger partial charge on any atom is 0.307 e. The van der Waals surface area contributed by atoms with Crippen molar-refractivity contribution in [3.05, 3.63) is 30.1 Å². The van der Waals surface area contributed by atoms with Crippen LogP contribution in [0.3, 0.4) is 0 Å². The monoisotopic (exact) mass is 319 g/mol. The van der Waals surface area contributed by atoms with Gasteiger partial charge < -0.3 is 15.7 Å². The zero-order valence-corrected chi connectivity index (χ0v) is 13.2. The molecule has 0 radical (unpaired) electrons. The van der Waals surface area contributed by atoms with Gasteiger partial charge in [0.15, 0.2) is 0 Å². The molecule has 0 saturated heterocycles. The fourth-order valence-electron chi connectivity index (χ4n) is 2.78. The minimum Gasteiger partial charge on any atom is -0.481 e. The molecule has 1 heterocycles. The highest BCUT2D eigenvalue weighted by Gasteiger charge is 2.65. The van der Waals surface area contributed by atoms with Crippen molar-refractivity contribution in [2.24, 2.45) is 17.3 Å². The van der Waals surface area contributed by atoms with Gasteiger partial charge in [-0.25, -0.2) is 0 Å². The molecule has 23 heavy (non-hydrogen) atoms. The zero-order valence-electron chi connectivity index (χ0n) is 13.2. The minimum absolute atomic E-state index is 0.142. The molecule has 3 N–H and O–H groups in total. The van der Waals surface area contributed by atoms with Crippen molar-refractivity contribution in [2.75, 3.05) is 6.54 Å². The predicted octanol–water partition coefficient (Wildman–Crippen LogP) is 0.561. The first-order chi connectivity index (χ1) is 10.8. The molecule has 2 atom stereocenters. The molecule has 0 spiro atoms. The van der Waals surface area contributed by atoms with Gasteiger partial charge in [-0.1, -0.05) is 19.9 Å². The van der Waals surface area contributed by atoms with E-state index in [2.05, 4.69) is 15.6 Å². The number of pyridine rings is 1. The number of aromatic nitrogens is 1. The Balaban J connectivity index is 1.68. The second-order valence-corrected chi connectivity index (χ2v) is 6.25. The molecule has 1 aromatic rings. The highest BCUT2D eigenvalue weighted by atomic mass is 16.4. The molecule has 1 saturated carbocycles. The summed E-state index contributed by atoms with van der Waals surface area (Å²) in [4.78, 5) is 38.8. The molecule has 0 aliphatic heterocycles. The number of nitrogens with one attached hydrogen (secondary N) is 2. The Morgan fingerprint density at radius 2 is 1.96 bits per heavy atom. The van der Waals surface area contributed by atoms with Crippen LogP contribution in [0.15, 0.2) is 24.4 Å². The van der Waals surface area contributed by atoms with Gasteiger partial charge in [-0.05, 0) is 17.5 Å². The van der Waals surface area contributed by atoms with Gasteiger partial charge in [0.05, 0.1) is 24.1 Å². The normalized spacial score (nSPS) is 21.3. The van der Waals surface area contributed by atoms with E-state index in [-0.39, 0.29) is 24.8 Å². The summed E-state index contributed by atoms with van der Waals surface area (Å²) in [6.45, 7) is 4.04. The number of carboxylic acid groups (broad SMARTS) is 1. The van der Waals surface area contributed by atoms with Crippen molar-refractivity contribution >= 4 is 17.8 Å². The Labute approximate surface area is 134 Å². The lowest BCUT2D eigenvalue weighted by molar-refractivity contribution is -0.140. The number of carbonyl (C=O) groups excluding carboxylic acids is 2. The van der Waals surface area contributed by atoms with E-state index >= 15 is 0 Å². The number of carboxylic acids is 1. The average Bonchev–Trinajstić information content (AvgIpc) is 3.09. The molecule has 0 unspecified atom stereocenters. The van der Waals surface area contributed by atoms with Crippen molar-refractivity contribution in [1.82, 2.24) is 15.6 Å². The second-order valence-electron chi connectivity index (χ2n) is 6.25. The van der Waals surface area contributed by atoms with E-state index in [1.54, 1.807) is 26.1 Å². The third-order valence-corrected chi connectivity index (χ3v) is 4.22. The van der Waals surface area contributed by atoms with Crippen molar-refractivity contribution in [3.8, 4) is 0 Å². The van der Waals surface area contributed by atoms with E-state index in [0.29, 0.717) is 6.54 Å². The molecular formula is C16H21N3O4. The van der Waals surface area contributed by atoms with Gasteiger partial charge >= 0.3 is 5.97 Å². The highest BCUT2D eigenvalue weighted by Crippen LogP contribution is 2.58.